The fourth-order valence-corrected chi connectivity index (χ4v) is 2.28. The number of nitrogens with zero attached hydrogens (tertiary/aromatic N) is 2. The molecule has 0 aliphatic carbocycles. The molecule has 4 heteroatoms. The molecule has 0 bridgehead atoms. The second kappa shape index (κ2) is 7.59. The van der Waals surface area contributed by atoms with E-state index in [2.05, 4.69) is 29.0 Å². The zero-order valence-corrected chi connectivity index (χ0v) is 13.5. The summed E-state index contributed by atoms with van der Waals surface area (Å²) in [5.41, 5.74) is 3.78. The Morgan fingerprint density at radius 1 is 1.09 bits per heavy atom. The summed E-state index contributed by atoms with van der Waals surface area (Å²) in [6.45, 7) is 8.62. The van der Waals surface area contributed by atoms with Crippen LogP contribution < -0.4 is 10.2 Å². The number of benzene rings is 1. The van der Waals surface area contributed by atoms with E-state index in [4.69, 9.17) is 0 Å². The first kappa shape index (κ1) is 16.0. The van der Waals surface area contributed by atoms with Gasteiger partial charge in [0.2, 0.25) is 0 Å². The topological polar surface area (TPSA) is 45.2 Å². The van der Waals surface area contributed by atoms with Crippen molar-refractivity contribution in [2.24, 2.45) is 0 Å². The molecule has 1 aromatic carbocycles. The highest BCUT2D eigenvalue weighted by Crippen LogP contribution is 2.12. The fourth-order valence-electron chi connectivity index (χ4n) is 2.28. The van der Waals surface area contributed by atoms with E-state index in [1.54, 1.807) is 12.3 Å². The minimum Gasteiger partial charge on any atom is -0.371 e. The molecule has 0 saturated carbocycles. The summed E-state index contributed by atoms with van der Waals surface area (Å²) in [4.78, 5) is 18.6. The van der Waals surface area contributed by atoms with Crippen LogP contribution in [0.1, 0.15) is 35.5 Å². The minimum atomic E-state index is -0.147. The number of carbonyl (C=O) groups is 1. The molecule has 1 N–H and O–H groups in total. The lowest BCUT2D eigenvalue weighted by Gasteiger charge is -2.20. The normalized spacial score (nSPS) is 10.3. The summed E-state index contributed by atoms with van der Waals surface area (Å²) < 4.78 is 0. The third-order valence-corrected chi connectivity index (χ3v) is 3.68. The van der Waals surface area contributed by atoms with Crippen molar-refractivity contribution in [2.45, 2.75) is 27.3 Å². The summed E-state index contributed by atoms with van der Waals surface area (Å²) in [5, 5.41) is 2.90. The molecule has 4 nitrogen and oxygen atoms in total. The van der Waals surface area contributed by atoms with Crippen molar-refractivity contribution in [1.29, 1.82) is 0 Å². The lowest BCUT2D eigenvalue weighted by Crippen LogP contribution is -2.25. The summed E-state index contributed by atoms with van der Waals surface area (Å²) >= 11 is 0. The average Bonchev–Trinajstić information content (AvgIpc) is 2.56. The van der Waals surface area contributed by atoms with Gasteiger partial charge in [-0.05, 0) is 38.5 Å². The van der Waals surface area contributed by atoms with Crippen molar-refractivity contribution in [3.05, 3.63) is 59.4 Å². The van der Waals surface area contributed by atoms with E-state index in [1.807, 2.05) is 37.3 Å². The molecule has 0 spiro atoms. The van der Waals surface area contributed by atoms with Gasteiger partial charge in [0, 0.05) is 19.6 Å². The van der Waals surface area contributed by atoms with Crippen molar-refractivity contribution in [3.63, 3.8) is 0 Å². The van der Waals surface area contributed by atoms with Gasteiger partial charge in [-0.1, -0.05) is 29.8 Å². The Balaban J connectivity index is 1.96. The number of aromatic nitrogens is 1. The Morgan fingerprint density at radius 3 is 2.32 bits per heavy atom. The molecule has 0 saturated heterocycles. The monoisotopic (exact) mass is 297 g/mol. The molecule has 0 fully saturated rings. The molecule has 1 amide bonds. The smallest absolute Gasteiger partial charge is 0.270 e. The lowest BCUT2D eigenvalue weighted by molar-refractivity contribution is 0.0946. The van der Waals surface area contributed by atoms with Crippen molar-refractivity contribution in [1.82, 2.24) is 10.3 Å². The second-order valence-corrected chi connectivity index (χ2v) is 5.24. The average molecular weight is 297 g/mol. The van der Waals surface area contributed by atoms with E-state index in [9.17, 15) is 4.79 Å². The van der Waals surface area contributed by atoms with Crippen LogP contribution in [0.4, 0.5) is 5.69 Å². The molecule has 1 heterocycles. The number of rotatable bonds is 6. The molecular formula is C18H23N3O. The number of hydrogen-bond donors (Lipinski definition) is 1. The number of amides is 1. The van der Waals surface area contributed by atoms with E-state index in [1.165, 1.54) is 5.56 Å². The van der Waals surface area contributed by atoms with E-state index in [0.29, 0.717) is 12.2 Å². The van der Waals surface area contributed by atoms with Gasteiger partial charge in [0.1, 0.15) is 5.69 Å². The quantitative estimate of drug-likeness (QED) is 0.891. The predicted octanol–water partition coefficient (Wildman–Crippen LogP) is 3.17. The summed E-state index contributed by atoms with van der Waals surface area (Å²) in [6.07, 6.45) is 1.76. The number of aryl methyl sites for hydroxylation is 1. The van der Waals surface area contributed by atoms with Gasteiger partial charge in [0.05, 0.1) is 11.9 Å². The van der Waals surface area contributed by atoms with Gasteiger partial charge in [-0.15, -0.1) is 0 Å². The van der Waals surface area contributed by atoms with Crippen molar-refractivity contribution in [2.75, 3.05) is 18.0 Å². The van der Waals surface area contributed by atoms with E-state index in [-0.39, 0.29) is 5.91 Å². The molecule has 2 aromatic rings. The van der Waals surface area contributed by atoms with Gasteiger partial charge in [0.15, 0.2) is 0 Å². The molecule has 2 rings (SSSR count). The SMILES string of the molecule is CCN(CC)c1ccc(C(=O)NCc2ccc(C)cc2)nc1. The molecular weight excluding hydrogens is 274 g/mol. The van der Waals surface area contributed by atoms with Crippen LogP contribution in [0.3, 0.4) is 0 Å². The van der Waals surface area contributed by atoms with Crippen molar-refractivity contribution < 1.29 is 4.79 Å². The maximum absolute atomic E-state index is 12.1. The summed E-state index contributed by atoms with van der Waals surface area (Å²) in [6, 6.07) is 11.8. The molecule has 0 unspecified atom stereocenters. The molecule has 0 radical (unpaired) electrons. The van der Waals surface area contributed by atoms with Gasteiger partial charge in [-0.2, -0.15) is 0 Å². The van der Waals surface area contributed by atoms with E-state index < -0.39 is 0 Å². The van der Waals surface area contributed by atoms with Crippen molar-refractivity contribution >= 4 is 11.6 Å². The number of pyridine rings is 1. The number of hydrogen-bond acceptors (Lipinski definition) is 3. The Kier molecular flexibility index (Phi) is 5.53. The fraction of sp³-hybridized carbons (Fsp3) is 0.333. The van der Waals surface area contributed by atoms with Crippen molar-refractivity contribution in [3.8, 4) is 0 Å². The molecule has 0 aliphatic rings. The number of nitrogens with one attached hydrogen (secondary N) is 1. The van der Waals surface area contributed by atoms with Gasteiger partial charge in [0.25, 0.3) is 5.91 Å². The Bertz CT molecular complexity index is 601. The van der Waals surface area contributed by atoms with Crippen LogP contribution in [0.5, 0.6) is 0 Å². The van der Waals surface area contributed by atoms with Crippen LogP contribution in [0.15, 0.2) is 42.6 Å². The largest absolute Gasteiger partial charge is 0.371 e. The maximum atomic E-state index is 12.1. The highest BCUT2D eigenvalue weighted by Gasteiger charge is 2.08. The standard InChI is InChI=1S/C18H23N3O/c1-4-21(5-2)16-10-11-17(19-13-16)18(22)20-12-15-8-6-14(3)7-9-15/h6-11,13H,4-5,12H2,1-3H3,(H,20,22). The highest BCUT2D eigenvalue weighted by atomic mass is 16.1. The molecule has 116 valence electrons. The van der Waals surface area contributed by atoms with Crippen LogP contribution in [0, 0.1) is 6.92 Å². The Morgan fingerprint density at radius 2 is 1.77 bits per heavy atom. The van der Waals surface area contributed by atoms with Crippen LogP contribution in [0.25, 0.3) is 0 Å². The number of carbonyl (C=O) groups excluding carboxylic acids is 1. The van der Waals surface area contributed by atoms with Crippen LogP contribution >= 0.6 is 0 Å². The Labute approximate surface area is 132 Å². The van der Waals surface area contributed by atoms with Crippen LogP contribution in [-0.2, 0) is 6.54 Å². The second-order valence-electron chi connectivity index (χ2n) is 5.24. The molecule has 1 aromatic heterocycles. The molecule has 0 aliphatic heterocycles. The maximum Gasteiger partial charge on any atom is 0.270 e. The van der Waals surface area contributed by atoms with Gasteiger partial charge >= 0.3 is 0 Å². The summed E-state index contributed by atoms with van der Waals surface area (Å²) in [7, 11) is 0. The van der Waals surface area contributed by atoms with E-state index in [0.717, 1.165) is 24.3 Å². The zero-order chi connectivity index (χ0) is 15.9. The third-order valence-electron chi connectivity index (χ3n) is 3.68. The van der Waals surface area contributed by atoms with Gasteiger partial charge < -0.3 is 10.2 Å². The minimum absolute atomic E-state index is 0.147. The molecule has 22 heavy (non-hydrogen) atoms. The first-order valence-corrected chi connectivity index (χ1v) is 7.68. The predicted molar refractivity (Wildman–Crippen MR) is 90.1 cm³/mol. The third kappa shape index (κ3) is 4.07. The molecule has 0 atom stereocenters. The van der Waals surface area contributed by atoms with Gasteiger partial charge in [-0.25, -0.2) is 4.98 Å². The zero-order valence-electron chi connectivity index (χ0n) is 13.5. The first-order chi connectivity index (χ1) is 10.6. The lowest BCUT2D eigenvalue weighted by atomic mass is 10.1. The van der Waals surface area contributed by atoms with Gasteiger partial charge in [-0.3, -0.25) is 4.79 Å². The van der Waals surface area contributed by atoms with Crippen LogP contribution in [-0.4, -0.2) is 24.0 Å². The highest BCUT2D eigenvalue weighted by molar-refractivity contribution is 5.92. The number of anilines is 1. The summed E-state index contributed by atoms with van der Waals surface area (Å²) in [5.74, 6) is -0.147. The van der Waals surface area contributed by atoms with Crippen LogP contribution in [0.2, 0.25) is 0 Å². The van der Waals surface area contributed by atoms with E-state index >= 15 is 0 Å². The first-order valence-electron chi connectivity index (χ1n) is 7.68. The Hall–Kier alpha value is -2.36.